The van der Waals surface area contributed by atoms with E-state index in [0.717, 1.165) is 18.1 Å². The lowest BCUT2D eigenvalue weighted by Gasteiger charge is -2.13. The number of aromatic nitrogens is 4. The third-order valence-electron chi connectivity index (χ3n) is 2.85. The summed E-state index contributed by atoms with van der Waals surface area (Å²) in [6.45, 7) is 2.37. The molecule has 0 radical (unpaired) electrons. The molecule has 0 bridgehead atoms. The summed E-state index contributed by atoms with van der Waals surface area (Å²) < 4.78 is 39.4. The summed E-state index contributed by atoms with van der Waals surface area (Å²) in [7, 11) is 1.82. The average molecular weight is 285 g/mol. The highest BCUT2D eigenvalue weighted by atomic mass is 19.4. The van der Waals surface area contributed by atoms with Crippen LogP contribution in [0.1, 0.15) is 24.4 Å². The van der Waals surface area contributed by atoms with E-state index in [4.69, 9.17) is 0 Å². The molecule has 0 aliphatic carbocycles. The van der Waals surface area contributed by atoms with Gasteiger partial charge in [0, 0.05) is 31.4 Å². The first-order valence-corrected chi connectivity index (χ1v) is 5.99. The van der Waals surface area contributed by atoms with Gasteiger partial charge in [0.25, 0.3) is 0 Å². The van der Waals surface area contributed by atoms with E-state index in [1.807, 2.05) is 14.0 Å². The predicted molar refractivity (Wildman–Crippen MR) is 67.1 cm³/mol. The fourth-order valence-corrected chi connectivity index (χ4v) is 1.80. The number of pyridine rings is 1. The standard InChI is InChI=1S/C12H14F3N5/c1-8(11-19-18-7-20(11)2)6-17-9-3-4-16-10(5-9)12(13,14)15/h3-5,7-8H,6H2,1-2H3,(H,16,17). The van der Waals surface area contributed by atoms with Gasteiger partial charge in [0.1, 0.15) is 17.8 Å². The van der Waals surface area contributed by atoms with Crippen LogP contribution in [-0.4, -0.2) is 26.3 Å². The normalized spacial score (nSPS) is 13.2. The summed E-state index contributed by atoms with van der Waals surface area (Å²) in [5.41, 5.74) is -0.532. The van der Waals surface area contributed by atoms with Crippen molar-refractivity contribution in [2.24, 2.45) is 7.05 Å². The molecule has 1 N–H and O–H groups in total. The molecule has 2 aromatic rings. The Hall–Kier alpha value is -2.12. The number of hydrogen-bond donors (Lipinski definition) is 1. The number of nitrogens with zero attached hydrogens (tertiary/aromatic N) is 4. The lowest BCUT2D eigenvalue weighted by molar-refractivity contribution is -0.141. The molecule has 1 atom stereocenters. The number of halogens is 3. The molecule has 0 amide bonds. The molecule has 2 heterocycles. The van der Waals surface area contributed by atoms with Crippen molar-refractivity contribution in [1.82, 2.24) is 19.7 Å². The largest absolute Gasteiger partial charge is 0.433 e. The van der Waals surface area contributed by atoms with Crippen LogP contribution < -0.4 is 5.32 Å². The summed E-state index contributed by atoms with van der Waals surface area (Å²) in [6.07, 6.45) is -1.72. The molecule has 0 aliphatic rings. The minimum absolute atomic E-state index is 0.0185. The van der Waals surface area contributed by atoms with Crippen LogP contribution in [0.3, 0.4) is 0 Å². The molecule has 8 heteroatoms. The first kappa shape index (κ1) is 14.3. The van der Waals surface area contributed by atoms with Gasteiger partial charge in [-0.05, 0) is 12.1 Å². The lowest BCUT2D eigenvalue weighted by atomic mass is 10.1. The molecule has 108 valence electrons. The second-order valence-corrected chi connectivity index (χ2v) is 4.51. The predicted octanol–water partition coefficient (Wildman–Crippen LogP) is 2.44. The Morgan fingerprint density at radius 1 is 1.40 bits per heavy atom. The topological polar surface area (TPSA) is 55.6 Å². The van der Waals surface area contributed by atoms with Crippen LogP contribution >= 0.6 is 0 Å². The van der Waals surface area contributed by atoms with Crippen LogP contribution in [0.2, 0.25) is 0 Å². The second-order valence-electron chi connectivity index (χ2n) is 4.51. The van der Waals surface area contributed by atoms with Gasteiger partial charge >= 0.3 is 6.18 Å². The second kappa shape index (κ2) is 5.48. The molecule has 5 nitrogen and oxygen atoms in total. The van der Waals surface area contributed by atoms with Crippen LogP contribution in [0, 0.1) is 0 Å². The zero-order valence-corrected chi connectivity index (χ0v) is 11.0. The Labute approximate surface area is 113 Å². The molecule has 2 aromatic heterocycles. The summed E-state index contributed by atoms with van der Waals surface area (Å²) in [4.78, 5) is 3.31. The van der Waals surface area contributed by atoms with Crippen molar-refractivity contribution in [3.05, 3.63) is 36.2 Å². The number of hydrogen-bond acceptors (Lipinski definition) is 4. The maximum atomic E-state index is 12.5. The fraction of sp³-hybridized carbons (Fsp3) is 0.417. The first-order valence-electron chi connectivity index (χ1n) is 5.99. The van der Waals surface area contributed by atoms with E-state index < -0.39 is 11.9 Å². The van der Waals surface area contributed by atoms with Gasteiger partial charge in [-0.25, -0.2) is 0 Å². The highest BCUT2D eigenvalue weighted by Gasteiger charge is 2.32. The van der Waals surface area contributed by atoms with E-state index in [1.54, 1.807) is 10.9 Å². The molecule has 0 saturated heterocycles. The van der Waals surface area contributed by atoms with Crippen molar-refractivity contribution in [2.45, 2.75) is 19.0 Å². The van der Waals surface area contributed by atoms with E-state index in [9.17, 15) is 13.2 Å². The van der Waals surface area contributed by atoms with Gasteiger partial charge in [0.05, 0.1) is 0 Å². The van der Waals surface area contributed by atoms with Crippen LogP contribution in [0.25, 0.3) is 0 Å². The lowest BCUT2D eigenvalue weighted by Crippen LogP contribution is -2.14. The highest BCUT2D eigenvalue weighted by molar-refractivity contribution is 5.44. The van der Waals surface area contributed by atoms with Crippen molar-refractivity contribution in [3.63, 3.8) is 0 Å². The van der Waals surface area contributed by atoms with Gasteiger partial charge < -0.3 is 9.88 Å². The molecule has 1 unspecified atom stereocenters. The van der Waals surface area contributed by atoms with Gasteiger partial charge in [0.15, 0.2) is 0 Å². The zero-order valence-electron chi connectivity index (χ0n) is 11.0. The third kappa shape index (κ3) is 3.25. The quantitative estimate of drug-likeness (QED) is 0.937. The maximum absolute atomic E-state index is 12.5. The molecule has 20 heavy (non-hydrogen) atoms. The summed E-state index contributed by atoms with van der Waals surface area (Å²) >= 11 is 0. The van der Waals surface area contributed by atoms with Crippen molar-refractivity contribution >= 4 is 5.69 Å². The van der Waals surface area contributed by atoms with Gasteiger partial charge in [-0.2, -0.15) is 13.2 Å². The molecule has 0 aliphatic heterocycles. The summed E-state index contributed by atoms with van der Waals surface area (Å²) in [5.74, 6) is 0.785. The smallest absolute Gasteiger partial charge is 0.384 e. The Morgan fingerprint density at radius 3 is 2.75 bits per heavy atom. The summed E-state index contributed by atoms with van der Waals surface area (Å²) in [5, 5.41) is 10.7. The molecular formula is C12H14F3N5. The SMILES string of the molecule is CC(CNc1ccnc(C(F)(F)F)c1)c1nncn1C. The Balaban J connectivity index is 2.03. The molecular weight excluding hydrogens is 271 g/mol. The highest BCUT2D eigenvalue weighted by Crippen LogP contribution is 2.28. The van der Waals surface area contributed by atoms with Crippen LogP contribution in [-0.2, 0) is 13.2 Å². The van der Waals surface area contributed by atoms with Gasteiger partial charge in [-0.15, -0.1) is 10.2 Å². The van der Waals surface area contributed by atoms with E-state index >= 15 is 0 Å². The van der Waals surface area contributed by atoms with Crippen LogP contribution in [0.15, 0.2) is 24.7 Å². The van der Waals surface area contributed by atoms with E-state index in [2.05, 4.69) is 20.5 Å². The molecule has 2 rings (SSSR count). The van der Waals surface area contributed by atoms with Crippen molar-refractivity contribution in [3.8, 4) is 0 Å². The first-order chi connectivity index (χ1) is 9.38. The molecule has 0 saturated carbocycles. The van der Waals surface area contributed by atoms with E-state index in [0.29, 0.717) is 12.2 Å². The molecule has 0 spiro atoms. The van der Waals surface area contributed by atoms with Gasteiger partial charge in [0.2, 0.25) is 0 Å². The third-order valence-corrected chi connectivity index (χ3v) is 2.85. The van der Waals surface area contributed by atoms with Crippen LogP contribution in [0.5, 0.6) is 0 Å². The van der Waals surface area contributed by atoms with Crippen molar-refractivity contribution < 1.29 is 13.2 Å². The zero-order chi connectivity index (χ0) is 14.8. The monoisotopic (exact) mass is 285 g/mol. The van der Waals surface area contributed by atoms with Gasteiger partial charge in [-0.1, -0.05) is 6.92 Å². The number of alkyl halides is 3. The van der Waals surface area contributed by atoms with Gasteiger partial charge in [-0.3, -0.25) is 4.98 Å². The summed E-state index contributed by atoms with van der Waals surface area (Å²) in [6, 6.07) is 2.49. The number of rotatable bonds is 4. The number of aryl methyl sites for hydroxylation is 1. The average Bonchev–Trinajstić information content (AvgIpc) is 2.82. The Morgan fingerprint density at radius 2 is 2.15 bits per heavy atom. The minimum atomic E-state index is -4.44. The Bertz CT molecular complexity index is 578. The van der Waals surface area contributed by atoms with Crippen LogP contribution in [0.4, 0.5) is 18.9 Å². The number of anilines is 1. The Kier molecular flexibility index (Phi) is 3.91. The fourth-order valence-electron chi connectivity index (χ4n) is 1.80. The van der Waals surface area contributed by atoms with E-state index in [1.165, 1.54) is 6.07 Å². The minimum Gasteiger partial charge on any atom is -0.384 e. The van der Waals surface area contributed by atoms with E-state index in [-0.39, 0.29) is 5.92 Å². The van der Waals surface area contributed by atoms with Crippen molar-refractivity contribution in [2.75, 3.05) is 11.9 Å². The van der Waals surface area contributed by atoms with Crippen molar-refractivity contribution in [1.29, 1.82) is 0 Å². The maximum Gasteiger partial charge on any atom is 0.433 e. The molecule has 0 fully saturated rings. The number of nitrogens with one attached hydrogen (secondary N) is 1. The molecule has 0 aromatic carbocycles.